The normalized spacial score (nSPS) is 21.4. The van der Waals surface area contributed by atoms with Gasteiger partial charge in [-0.2, -0.15) is 4.31 Å². The minimum atomic E-state index is -3.35. The van der Waals surface area contributed by atoms with E-state index in [1.807, 2.05) is 19.9 Å². The van der Waals surface area contributed by atoms with Crippen molar-refractivity contribution < 1.29 is 8.42 Å². The van der Waals surface area contributed by atoms with Gasteiger partial charge in [-0.25, -0.2) is 8.42 Å². The third-order valence-electron chi connectivity index (χ3n) is 3.55. The maximum Gasteiger partial charge on any atom is 0.243 e. The molecule has 1 unspecified atom stereocenters. The molecule has 1 aliphatic rings. The fourth-order valence-electron chi connectivity index (χ4n) is 2.52. The van der Waals surface area contributed by atoms with Crippen molar-refractivity contribution in [3.8, 4) is 0 Å². The standard InChI is InChI=1S/C13H20N2O2S/c1-10-8-12(9-14)5-6-13(10)18(16,17)15-7-3-4-11(15)2/h5-6,8,11H,3-4,7,9,14H2,1-2H3. The molecule has 2 N–H and O–H groups in total. The van der Waals surface area contributed by atoms with Crippen LogP contribution in [0.15, 0.2) is 23.1 Å². The summed E-state index contributed by atoms with van der Waals surface area (Å²) in [5.74, 6) is 0. The molecule has 1 atom stereocenters. The Morgan fingerprint density at radius 1 is 1.44 bits per heavy atom. The molecule has 0 spiro atoms. The van der Waals surface area contributed by atoms with Crippen LogP contribution in [0.1, 0.15) is 30.9 Å². The predicted octanol–water partition coefficient (Wildman–Crippen LogP) is 1.63. The Hall–Kier alpha value is -0.910. The fourth-order valence-corrected chi connectivity index (χ4v) is 4.43. The van der Waals surface area contributed by atoms with E-state index in [1.165, 1.54) is 0 Å². The third kappa shape index (κ3) is 2.30. The molecule has 0 radical (unpaired) electrons. The van der Waals surface area contributed by atoms with Crippen LogP contribution in [-0.2, 0) is 16.6 Å². The van der Waals surface area contributed by atoms with E-state index >= 15 is 0 Å². The Morgan fingerprint density at radius 2 is 2.17 bits per heavy atom. The number of benzene rings is 1. The highest BCUT2D eigenvalue weighted by Crippen LogP contribution is 2.27. The van der Waals surface area contributed by atoms with Crippen molar-refractivity contribution in [2.24, 2.45) is 5.73 Å². The summed E-state index contributed by atoms with van der Waals surface area (Å²) in [6.07, 6.45) is 1.89. The number of rotatable bonds is 3. The highest BCUT2D eigenvalue weighted by molar-refractivity contribution is 7.89. The van der Waals surface area contributed by atoms with Gasteiger partial charge in [0.1, 0.15) is 0 Å². The molecule has 1 heterocycles. The average Bonchev–Trinajstić information content (AvgIpc) is 2.75. The molecule has 1 saturated heterocycles. The highest BCUT2D eigenvalue weighted by Gasteiger charge is 2.33. The van der Waals surface area contributed by atoms with Gasteiger partial charge < -0.3 is 5.73 Å². The molecule has 0 aliphatic carbocycles. The molecule has 18 heavy (non-hydrogen) atoms. The minimum absolute atomic E-state index is 0.101. The zero-order valence-corrected chi connectivity index (χ0v) is 11.7. The number of nitrogens with two attached hydrogens (primary N) is 1. The number of sulfonamides is 1. The summed E-state index contributed by atoms with van der Waals surface area (Å²) in [5, 5.41) is 0. The summed E-state index contributed by atoms with van der Waals surface area (Å²) in [4.78, 5) is 0.411. The van der Waals surface area contributed by atoms with E-state index in [9.17, 15) is 8.42 Å². The van der Waals surface area contributed by atoms with Gasteiger partial charge in [0.25, 0.3) is 0 Å². The predicted molar refractivity (Wildman–Crippen MR) is 71.7 cm³/mol. The van der Waals surface area contributed by atoms with E-state index < -0.39 is 10.0 Å². The van der Waals surface area contributed by atoms with E-state index in [0.29, 0.717) is 18.0 Å². The summed E-state index contributed by atoms with van der Waals surface area (Å²) >= 11 is 0. The summed E-state index contributed by atoms with van der Waals surface area (Å²) in [5.41, 5.74) is 7.30. The van der Waals surface area contributed by atoms with Crippen LogP contribution < -0.4 is 5.73 Å². The maximum absolute atomic E-state index is 12.6. The summed E-state index contributed by atoms with van der Waals surface area (Å²) in [6, 6.07) is 5.43. The number of nitrogens with zero attached hydrogens (tertiary/aromatic N) is 1. The number of hydrogen-bond acceptors (Lipinski definition) is 3. The van der Waals surface area contributed by atoms with Gasteiger partial charge in [0.05, 0.1) is 4.90 Å². The smallest absolute Gasteiger partial charge is 0.243 e. The largest absolute Gasteiger partial charge is 0.326 e. The van der Waals surface area contributed by atoms with Crippen LogP contribution in [0.4, 0.5) is 0 Å². The number of aryl methyl sites for hydroxylation is 1. The first-order valence-corrected chi connectivity index (χ1v) is 7.72. The molecule has 1 aliphatic heterocycles. The van der Waals surface area contributed by atoms with Crippen LogP contribution in [0, 0.1) is 6.92 Å². The van der Waals surface area contributed by atoms with Crippen LogP contribution >= 0.6 is 0 Å². The Kier molecular flexibility index (Phi) is 3.75. The van der Waals surface area contributed by atoms with Gasteiger partial charge in [-0.05, 0) is 43.9 Å². The lowest BCUT2D eigenvalue weighted by Gasteiger charge is -2.22. The van der Waals surface area contributed by atoms with Gasteiger partial charge in [-0.1, -0.05) is 12.1 Å². The van der Waals surface area contributed by atoms with Crippen molar-refractivity contribution in [3.05, 3.63) is 29.3 Å². The van der Waals surface area contributed by atoms with E-state index in [2.05, 4.69) is 0 Å². The zero-order valence-electron chi connectivity index (χ0n) is 10.9. The van der Waals surface area contributed by atoms with Crippen molar-refractivity contribution in [1.82, 2.24) is 4.31 Å². The quantitative estimate of drug-likeness (QED) is 0.906. The molecule has 1 fully saturated rings. The average molecular weight is 268 g/mol. The Morgan fingerprint density at radius 3 is 2.67 bits per heavy atom. The maximum atomic E-state index is 12.6. The molecule has 0 saturated carbocycles. The monoisotopic (exact) mass is 268 g/mol. The summed E-state index contributed by atoms with van der Waals surface area (Å²) in [7, 11) is -3.35. The minimum Gasteiger partial charge on any atom is -0.326 e. The van der Waals surface area contributed by atoms with Crippen molar-refractivity contribution >= 4 is 10.0 Å². The Balaban J connectivity index is 2.41. The molecular weight excluding hydrogens is 248 g/mol. The van der Waals surface area contributed by atoms with Crippen molar-refractivity contribution in [2.45, 2.75) is 44.2 Å². The molecule has 0 amide bonds. The van der Waals surface area contributed by atoms with Crippen LogP contribution in [0.3, 0.4) is 0 Å². The molecule has 5 heteroatoms. The molecule has 1 aromatic rings. The summed E-state index contributed by atoms with van der Waals surface area (Å²) < 4.78 is 26.7. The van der Waals surface area contributed by atoms with Gasteiger partial charge in [0, 0.05) is 19.1 Å². The molecule has 0 bridgehead atoms. The number of hydrogen-bond donors (Lipinski definition) is 1. The van der Waals surface area contributed by atoms with Crippen LogP contribution in [-0.4, -0.2) is 25.3 Å². The second-order valence-corrected chi connectivity index (χ2v) is 6.77. The molecular formula is C13H20N2O2S. The zero-order chi connectivity index (χ0) is 13.3. The van der Waals surface area contributed by atoms with Gasteiger partial charge in [-0.15, -0.1) is 0 Å². The highest BCUT2D eigenvalue weighted by atomic mass is 32.2. The Labute approximate surface area is 109 Å². The fraction of sp³-hybridized carbons (Fsp3) is 0.538. The molecule has 0 aromatic heterocycles. The molecule has 2 rings (SSSR count). The Bertz CT molecular complexity index is 540. The second kappa shape index (κ2) is 4.99. The van der Waals surface area contributed by atoms with E-state index in [4.69, 9.17) is 5.73 Å². The van der Waals surface area contributed by atoms with Gasteiger partial charge >= 0.3 is 0 Å². The van der Waals surface area contributed by atoms with Gasteiger partial charge in [0.2, 0.25) is 10.0 Å². The lowest BCUT2D eigenvalue weighted by atomic mass is 10.1. The van der Waals surface area contributed by atoms with Crippen LogP contribution in [0.2, 0.25) is 0 Å². The van der Waals surface area contributed by atoms with Gasteiger partial charge in [-0.3, -0.25) is 0 Å². The molecule has 4 nitrogen and oxygen atoms in total. The third-order valence-corrected chi connectivity index (χ3v) is 5.73. The first-order valence-electron chi connectivity index (χ1n) is 6.28. The second-order valence-electron chi connectivity index (χ2n) is 4.91. The van der Waals surface area contributed by atoms with Crippen molar-refractivity contribution in [1.29, 1.82) is 0 Å². The van der Waals surface area contributed by atoms with Gasteiger partial charge in [0.15, 0.2) is 0 Å². The van der Waals surface area contributed by atoms with E-state index in [-0.39, 0.29) is 6.04 Å². The van der Waals surface area contributed by atoms with Crippen molar-refractivity contribution in [2.75, 3.05) is 6.54 Å². The molecule has 1 aromatic carbocycles. The van der Waals surface area contributed by atoms with E-state index in [0.717, 1.165) is 24.0 Å². The topological polar surface area (TPSA) is 63.4 Å². The van der Waals surface area contributed by atoms with Crippen molar-refractivity contribution in [3.63, 3.8) is 0 Å². The summed E-state index contributed by atoms with van der Waals surface area (Å²) in [6.45, 7) is 4.85. The van der Waals surface area contributed by atoms with Crippen LogP contribution in [0.25, 0.3) is 0 Å². The SMILES string of the molecule is Cc1cc(CN)ccc1S(=O)(=O)N1CCCC1C. The van der Waals surface area contributed by atoms with E-state index in [1.54, 1.807) is 16.4 Å². The van der Waals surface area contributed by atoms with Crippen LogP contribution in [0.5, 0.6) is 0 Å². The first kappa shape index (κ1) is 13.5. The molecule has 100 valence electrons. The lowest BCUT2D eigenvalue weighted by Crippen LogP contribution is -2.34. The lowest BCUT2D eigenvalue weighted by molar-refractivity contribution is 0.408. The first-order chi connectivity index (χ1) is 8.46.